The molecule has 108 valence electrons. The van der Waals surface area contributed by atoms with Crippen LogP contribution in [0.15, 0.2) is 24.3 Å². The van der Waals surface area contributed by atoms with Crippen LogP contribution >= 0.6 is 0 Å². The molecule has 1 N–H and O–H groups in total. The first-order valence-corrected chi connectivity index (χ1v) is 6.75. The monoisotopic (exact) mass is 278 g/mol. The first kappa shape index (κ1) is 14.5. The van der Waals surface area contributed by atoms with Crippen LogP contribution in [0.1, 0.15) is 24.8 Å². The highest BCUT2D eigenvalue weighted by atomic mass is 16.6. The number of aliphatic hydroxyl groups excluding tert-OH is 1. The van der Waals surface area contributed by atoms with Gasteiger partial charge < -0.3 is 10.0 Å². The van der Waals surface area contributed by atoms with E-state index in [0.29, 0.717) is 25.9 Å². The first-order valence-electron chi connectivity index (χ1n) is 6.75. The maximum absolute atomic E-state index is 12.0. The fraction of sp³-hybridized carbons (Fsp3) is 0.500. The lowest BCUT2D eigenvalue weighted by molar-refractivity contribution is -0.384. The number of carbonyl (C=O) groups is 1. The van der Waals surface area contributed by atoms with Gasteiger partial charge in [-0.2, -0.15) is 0 Å². The third-order valence-electron chi connectivity index (χ3n) is 3.50. The molecule has 1 aromatic rings. The summed E-state index contributed by atoms with van der Waals surface area (Å²) in [6, 6.07) is 6.35. The Balaban J connectivity index is 1.89. The topological polar surface area (TPSA) is 83.7 Å². The minimum atomic E-state index is -0.438. The average Bonchev–Trinajstić information content (AvgIpc) is 2.45. The van der Waals surface area contributed by atoms with Gasteiger partial charge in [0.15, 0.2) is 0 Å². The second-order valence-corrected chi connectivity index (χ2v) is 5.06. The summed E-state index contributed by atoms with van der Waals surface area (Å²) in [5, 5.41) is 20.2. The normalized spacial score (nSPS) is 18.9. The molecule has 0 aromatic heterocycles. The number of non-ortho nitro benzene ring substituents is 1. The van der Waals surface area contributed by atoms with E-state index >= 15 is 0 Å². The summed E-state index contributed by atoms with van der Waals surface area (Å²) in [6.07, 6.45) is 1.94. The Labute approximate surface area is 117 Å². The number of hydrogen-bond acceptors (Lipinski definition) is 4. The Bertz CT molecular complexity index is 504. The van der Waals surface area contributed by atoms with Crippen LogP contribution in [-0.2, 0) is 11.2 Å². The van der Waals surface area contributed by atoms with Gasteiger partial charge in [-0.1, -0.05) is 12.1 Å². The molecule has 6 heteroatoms. The van der Waals surface area contributed by atoms with Gasteiger partial charge in [-0.05, 0) is 24.8 Å². The summed E-state index contributed by atoms with van der Waals surface area (Å²) >= 11 is 0. The molecule has 0 saturated carbocycles. The number of hydrogen-bond donors (Lipinski definition) is 1. The SMILES string of the molecule is O=C(CCc1cccc([N+](=O)[O-])c1)N1CCCC(O)C1. The second-order valence-electron chi connectivity index (χ2n) is 5.06. The number of piperidine rings is 1. The van der Waals surface area contributed by atoms with E-state index in [2.05, 4.69) is 0 Å². The van der Waals surface area contributed by atoms with Crippen molar-refractivity contribution in [3.8, 4) is 0 Å². The van der Waals surface area contributed by atoms with E-state index in [-0.39, 0.29) is 11.6 Å². The Morgan fingerprint density at radius 2 is 2.30 bits per heavy atom. The molecule has 0 aliphatic carbocycles. The van der Waals surface area contributed by atoms with Gasteiger partial charge in [0.1, 0.15) is 0 Å². The largest absolute Gasteiger partial charge is 0.391 e. The summed E-state index contributed by atoms with van der Waals surface area (Å²) in [4.78, 5) is 23.9. The molecule has 1 aliphatic rings. The summed E-state index contributed by atoms with van der Waals surface area (Å²) < 4.78 is 0. The van der Waals surface area contributed by atoms with Crippen LogP contribution in [0.5, 0.6) is 0 Å². The van der Waals surface area contributed by atoms with Crippen LogP contribution in [0.2, 0.25) is 0 Å². The third kappa shape index (κ3) is 3.77. The number of likely N-dealkylation sites (tertiary alicyclic amines) is 1. The Morgan fingerprint density at radius 3 is 3.00 bits per heavy atom. The highest BCUT2D eigenvalue weighted by Crippen LogP contribution is 2.16. The number of β-amino-alcohol motifs (C(OH)–C–C–N with tert-alkyl or cyclic N) is 1. The van der Waals surface area contributed by atoms with Crippen LogP contribution in [0.4, 0.5) is 5.69 Å². The van der Waals surface area contributed by atoms with E-state index < -0.39 is 11.0 Å². The van der Waals surface area contributed by atoms with Gasteiger partial charge in [0.25, 0.3) is 5.69 Å². The van der Waals surface area contributed by atoms with Gasteiger partial charge in [0, 0.05) is 31.6 Å². The van der Waals surface area contributed by atoms with Gasteiger partial charge in [0.2, 0.25) is 5.91 Å². The molecule has 1 saturated heterocycles. The minimum Gasteiger partial charge on any atom is -0.391 e. The number of carbonyl (C=O) groups excluding carboxylic acids is 1. The molecule has 20 heavy (non-hydrogen) atoms. The standard InChI is InChI=1S/C14H18N2O4/c17-13-5-2-8-15(10-13)14(18)7-6-11-3-1-4-12(9-11)16(19)20/h1,3-4,9,13,17H,2,5-8,10H2. The molecule has 6 nitrogen and oxygen atoms in total. The fourth-order valence-corrected chi connectivity index (χ4v) is 2.42. The van der Waals surface area contributed by atoms with Gasteiger partial charge in [-0.15, -0.1) is 0 Å². The van der Waals surface area contributed by atoms with Crippen LogP contribution < -0.4 is 0 Å². The summed E-state index contributed by atoms with van der Waals surface area (Å²) in [7, 11) is 0. The summed E-state index contributed by atoms with van der Waals surface area (Å²) in [6.45, 7) is 1.08. The highest BCUT2D eigenvalue weighted by molar-refractivity contribution is 5.76. The van der Waals surface area contributed by atoms with Crippen molar-refractivity contribution >= 4 is 11.6 Å². The zero-order valence-electron chi connectivity index (χ0n) is 11.2. The van der Waals surface area contributed by atoms with Crippen molar-refractivity contribution in [3.63, 3.8) is 0 Å². The molecule has 0 radical (unpaired) electrons. The van der Waals surface area contributed by atoms with Crippen LogP contribution in [0.25, 0.3) is 0 Å². The molecule has 0 spiro atoms. The molecule has 2 rings (SSSR count). The van der Waals surface area contributed by atoms with Crippen molar-refractivity contribution in [2.24, 2.45) is 0 Å². The molecule has 1 aromatic carbocycles. The second kappa shape index (κ2) is 6.47. The lowest BCUT2D eigenvalue weighted by Crippen LogP contribution is -2.42. The number of benzene rings is 1. The molecular weight excluding hydrogens is 260 g/mol. The summed E-state index contributed by atoms with van der Waals surface area (Å²) in [5.41, 5.74) is 0.827. The minimum absolute atomic E-state index is 0.00439. The fourth-order valence-electron chi connectivity index (χ4n) is 2.42. The molecule has 1 aliphatic heterocycles. The number of nitrogens with zero attached hydrogens (tertiary/aromatic N) is 2. The van der Waals surface area contributed by atoms with E-state index in [4.69, 9.17) is 0 Å². The number of amides is 1. The van der Waals surface area contributed by atoms with E-state index in [1.165, 1.54) is 12.1 Å². The van der Waals surface area contributed by atoms with E-state index in [9.17, 15) is 20.0 Å². The van der Waals surface area contributed by atoms with E-state index in [1.54, 1.807) is 17.0 Å². The maximum atomic E-state index is 12.0. The Kier molecular flexibility index (Phi) is 4.68. The lowest BCUT2D eigenvalue weighted by atomic mass is 10.1. The van der Waals surface area contributed by atoms with Crippen molar-refractivity contribution in [1.82, 2.24) is 4.90 Å². The number of aryl methyl sites for hydroxylation is 1. The van der Waals surface area contributed by atoms with Crippen LogP contribution in [-0.4, -0.2) is 40.0 Å². The molecule has 1 atom stereocenters. The zero-order valence-corrected chi connectivity index (χ0v) is 11.2. The number of rotatable bonds is 4. The smallest absolute Gasteiger partial charge is 0.269 e. The number of nitro groups is 1. The van der Waals surface area contributed by atoms with Gasteiger partial charge >= 0.3 is 0 Å². The van der Waals surface area contributed by atoms with Gasteiger partial charge in [-0.25, -0.2) is 0 Å². The Morgan fingerprint density at radius 1 is 1.50 bits per heavy atom. The molecule has 0 bridgehead atoms. The van der Waals surface area contributed by atoms with Crippen molar-refractivity contribution in [2.75, 3.05) is 13.1 Å². The van der Waals surface area contributed by atoms with Crippen LogP contribution in [0.3, 0.4) is 0 Å². The van der Waals surface area contributed by atoms with E-state index in [1.807, 2.05) is 0 Å². The van der Waals surface area contributed by atoms with E-state index in [0.717, 1.165) is 18.4 Å². The van der Waals surface area contributed by atoms with Crippen molar-refractivity contribution in [2.45, 2.75) is 31.8 Å². The lowest BCUT2D eigenvalue weighted by Gasteiger charge is -2.30. The molecular formula is C14H18N2O4. The summed E-state index contributed by atoms with van der Waals surface area (Å²) in [5.74, 6) is -0.00439. The zero-order chi connectivity index (χ0) is 14.5. The molecule has 1 unspecified atom stereocenters. The number of nitro benzene ring substituents is 1. The third-order valence-corrected chi connectivity index (χ3v) is 3.50. The Hall–Kier alpha value is -1.95. The molecule has 1 fully saturated rings. The predicted octanol–water partition coefficient (Wildman–Crippen LogP) is 1.51. The van der Waals surface area contributed by atoms with Crippen molar-refractivity contribution in [1.29, 1.82) is 0 Å². The van der Waals surface area contributed by atoms with Gasteiger partial charge in [-0.3, -0.25) is 14.9 Å². The molecule has 1 heterocycles. The quantitative estimate of drug-likeness (QED) is 0.668. The van der Waals surface area contributed by atoms with Crippen LogP contribution in [0, 0.1) is 10.1 Å². The highest BCUT2D eigenvalue weighted by Gasteiger charge is 2.21. The van der Waals surface area contributed by atoms with Crippen molar-refractivity contribution in [3.05, 3.63) is 39.9 Å². The predicted molar refractivity (Wildman–Crippen MR) is 73.2 cm³/mol. The maximum Gasteiger partial charge on any atom is 0.269 e. The van der Waals surface area contributed by atoms with Crippen molar-refractivity contribution < 1.29 is 14.8 Å². The molecule has 1 amide bonds. The first-order chi connectivity index (χ1) is 9.56. The van der Waals surface area contributed by atoms with Gasteiger partial charge in [0.05, 0.1) is 11.0 Å². The number of aliphatic hydroxyl groups is 1. The average molecular weight is 278 g/mol.